The number of nitrogens with zero attached hydrogens (tertiary/aromatic N) is 2. The van der Waals surface area contributed by atoms with Crippen molar-refractivity contribution in [2.45, 2.75) is 38.8 Å². The number of anilines is 1. The molecule has 104 valence electrons. The van der Waals surface area contributed by atoms with Gasteiger partial charge in [0.2, 0.25) is 0 Å². The number of nitrogens with one attached hydrogen (secondary N) is 1. The normalized spacial score (nSPS) is 19.3. The Morgan fingerprint density at radius 2 is 2.26 bits per heavy atom. The van der Waals surface area contributed by atoms with Crippen molar-refractivity contribution in [3.63, 3.8) is 0 Å². The van der Waals surface area contributed by atoms with Gasteiger partial charge in [-0.2, -0.15) is 0 Å². The summed E-state index contributed by atoms with van der Waals surface area (Å²) < 4.78 is 5.36. The van der Waals surface area contributed by atoms with Crippen molar-refractivity contribution >= 4 is 11.9 Å². The average Bonchev–Trinajstić information content (AvgIpc) is 2.77. The van der Waals surface area contributed by atoms with Crippen molar-refractivity contribution in [2.24, 2.45) is 0 Å². The van der Waals surface area contributed by atoms with Crippen LogP contribution in [-0.2, 0) is 4.74 Å². The maximum absolute atomic E-state index is 11.9. The van der Waals surface area contributed by atoms with Crippen LogP contribution in [0, 0.1) is 0 Å². The van der Waals surface area contributed by atoms with Gasteiger partial charge in [0.05, 0.1) is 0 Å². The number of ether oxygens (including phenoxy) is 1. The first kappa shape index (κ1) is 13.6. The zero-order valence-corrected chi connectivity index (χ0v) is 11.7. The van der Waals surface area contributed by atoms with Crippen LogP contribution in [0.3, 0.4) is 0 Å². The minimum absolute atomic E-state index is 0.238. The lowest BCUT2D eigenvalue weighted by atomic mass is 10.2. The Hall–Kier alpha value is -1.78. The second-order valence-corrected chi connectivity index (χ2v) is 5.77. The minimum atomic E-state index is -0.441. The Labute approximate surface area is 114 Å². The van der Waals surface area contributed by atoms with Gasteiger partial charge < -0.3 is 15.0 Å². The first-order valence-electron chi connectivity index (χ1n) is 6.59. The van der Waals surface area contributed by atoms with Crippen LogP contribution in [0.4, 0.5) is 10.6 Å². The van der Waals surface area contributed by atoms with Crippen molar-refractivity contribution in [2.75, 3.05) is 18.4 Å². The molecule has 2 rings (SSSR count). The van der Waals surface area contributed by atoms with Gasteiger partial charge in [0.15, 0.2) is 0 Å². The van der Waals surface area contributed by atoms with Crippen LogP contribution in [0.5, 0.6) is 0 Å². The Kier molecular flexibility index (Phi) is 3.93. The molecule has 1 aliphatic heterocycles. The molecule has 19 heavy (non-hydrogen) atoms. The van der Waals surface area contributed by atoms with Crippen molar-refractivity contribution < 1.29 is 9.53 Å². The average molecular weight is 263 g/mol. The molecule has 0 aliphatic carbocycles. The summed E-state index contributed by atoms with van der Waals surface area (Å²) in [5.74, 6) is 0.846. The van der Waals surface area contributed by atoms with Gasteiger partial charge in [0.25, 0.3) is 0 Å². The molecule has 0 unspecified atom stereocenters. The molecular weight excluding hydrogens is 242 g/mol. The first-order chi connectivity index (χ1) is 8.94. The summed E-state index contributed by atoms with van der Waals surface area (Å²) in [6.45, 7) is 7.02. The number of carbonyl (C=O) groups is 1. The molecule has 0 spiro atoms. The van der Waals surface area contributed by atoms with E-state index in [1.165, 1.54) is 0 Å². The van der Waals surface area contributed by atoms with Gasteiger partial charge in [-0.25, -0.2) is 9.78 Å². The largest absolute Gasteiger partial charge is 0.444 e. The molecule has 1 aromatic rings. The topological polar surface area (TPSA) is 54.5 Å². The van der Waals surface area contributed by atoms with Gasteiger partial charge in [0, 0.05) is 25.3 Å². The van der Waals surface area contributed by atoms with Crippen LogP contribution in [0.15, 0.2) is 24.4 Å². The van der Waals surface area contributed by atoms with Gasteiger partial charge in [0.1, 0.15) is 11.4 Å². The third-order valence-electron chi connectivity index (χ3n) is 2.86. The van der Waals surface area contributed by atoms with E-state index >= 15 is 0 Å². The standard InChI is InChI=1S/C14H21N3O2/c1-14(2,3)19-13(18)17-9-7-11(10-17)16-12-6-4-5-8-15-12/h4-6,8,11H,7,9-10H2,1-3H3,(H,15,16)/t11-/m0/s1. The lowest BCUT2D eigenvalue weighted by Crippen LogP contribution is -2.36. The maximum Gasteiger partial charge on any atom is 0.410 e. The molecule has 1 atom stereocenters. The predicted molar refractivity (Wildman–Crippen MR) is 74.1 cm³/mol. The number of hydrogen-bond acceptors (Lipinski definition) is 4. The first-order valence-corrected chi connectivity index (χ1v) is 6.59. The Morgan fingerprint density at radius 1 is 1.47 bits per heavy atom. The summed E-state index contributed by atoms with van der Waals surface area (Å²) in [6.07, 6.45) is 2.43. The molecule has 0 radical (unpaired) electrons. The summed E-state index contributed by atoms with van der Waals surface area (Å²) >= 11 is 0. The highest BCUT2D eigenvalue weighted by Gasteiger charge is 2.29. The van der Waals surface area contributed by atoms with Crippen LogP contribution in [0.25, 0.3) is 0 Å². The number of pyridine rings is 1. The van der Waals surface area contributed by atoms with Crippen molar-refractivity contribution in [1.82, 2.24) is 9.88 Å². The SMILES string of the molecule is CC(C)(C)OC(=O)N1CC[C@H](Nc2ccccn2)C1. The number of likely N-dealkylation sites (tertiary alicyclic amines) is 1. The van der Waals surface area contributed by atoms with Crippen molar-refractivity contribution in [3.8, 4) is 0 Å². The second-order valence-electron chi connectivity index (χ2n) is 5.77. The highest BCUT2D eigenvalue weighted by Crippen LogP contribution is 2.17. The summed E-state index contributed by atoms with van der Waals surface area (Å²) in [4.78, 5) is 17.9. The zero-order valence-electron chi connectivity index (χ0n) is 11.7. The van der Waals surface area contributed by atoms with Crippen LogP contribution in [0.1, 0.15) is 27.2 Å². The third kappa shape index (κ3) is 4.12. The minimum Gasteiger partial charge on any atom is -0.444 e. The van der Waals surface area contributed by atoms with E-state index in [9.17, 15) is 4.79 Å². The molecule has 1 aromatic heterocycles. The summed E-state index contributed by atoms with van der Waals surface area (Å²) in [6, 6.07) is 5.99. The van der Waals surface area contributed by atoms with Crippen LogP contribution >= 0.6 is 0 Å². The van der Waals surface area contributed by atoms with Crippen molar-refractivity contribution in [1.29, 1.82) is 0 Å². The van der Waals surface area contributed by atoms with Gasteiger partial charge >= 0.3 is 6.09 Å². The Morgan fingerprint density at radius 3 is 2.89 bits per heavy atom. The molecule has 0 aromatic carbocycles. The highest BCUT2D eigenvalue weighted by molar-refractivity contribution is 5.68. The smallest absolute Gasteiger partial charge is 0.410 e. The lowest BCUT2D eigenvalue weighted by Gasteiger charge is -2.24. The monoisotopic (exact) mass is 263 g/mol. The molecular formula is C14H21N3O2. The maximum atomic E-state index is 11.9. The van der Waals surface area contributed by atoms with Gasteiger partial charge in [-0.3, -0.25) is 0 Å². The van der Waals surface area contributed by atoms with Gasteiger partial charge in [-0.05, 0) is 39.3 Å². The molecule has 1 aliphatic rings. The van der Waals surface area contributed by atoms with E-state index in [0.29, 0.717) is 6.54 Å². The number of aromatic nitrogens is 1. The lowest BCUT2D eigenvalue weighted by molar-refractivity contribution is 0.0293. The fourth-order valence-electron chi connectivity index (χ4n) is 2.03. The quantitative estimate of drug-likeness (QED) is 0.890. The second kappa shape index (κ2) is 5.47. The molecule has 1 amide bonds. The highest BCUT2D eigenvalue weighted by atomic mass is 16.6. The summed E-state index contributed by atoms with van der Waals surface area (Å²) in [7, 11) is 0. The van der Waals surface area contributed by atoms with E-state index in [0.717, 1.165) is 18.8 Å². The van der Waals surface area contributed by atoms with E-state index in [2.05, 4.69) is 10.3 Å². The Balaban J connectivity index is 1.85. The molecule has 1 N–H and O–H groups in total. The van der Waals surface area contributed by atoms with E-state index in [1.807, 2.05) is 39.0 Å². The predicted octanol–water partition coefficient (Wildman–Crippen LogP) is 2.50. The van der Waals surface area contributed by atoms with Crippen molar-refractivity contribution in [3.05, 3.63) is 24.4 Å². The number of hydrogen-bond donors (Lipinski definition) is 1. The number of amides is 1. The molecule has 0 saturated carbocycles. The molecule has 2 heterocycles. The summed E-state index contributed by atoms with van der Waals surface area (Å²) in [5, 5.41) is 3.33. The van der Waals surface area contributed by atoms with Gasteiger partial charge in [-0.1, -0.05) is 6.07 Å². The molecule has 0 bridgehead atoms. The van der Waals surface area contributed by atoms with E-state index in [4.69, 9.17) is 4.74 Å². The molecule has 5 nitrogen and oxygen atoms in total. The fourth-order valence-corrected chi connectivity index (χ4v) is 2.03. The number of carbonyl (C=O) groups excluding carboxylic acids is 1. The van der Waals surface area contributed by atoms with Crippen LogP contribution in [-0.4, -0.2) is 40.7 Å². The number of rotatable bonds is 2. The third-order valence-corrected chi connectivity index (χ3v) is 2.86. The molecule has 1 fully saturated rings. The molecule has 5 heteroatoms. The van der Waals surface area contributed by atoms with Crippen LogP contribution in [0.2, 0.25) is 0 Å². The Bertz CT molecular complexity index is 428. The molecule has 1 saturated heterocycles. The van der Waals surface area contributed by atoms with Crippen LogP contribution < -0.4 is 5.32 Å². The van der Waals surface area contributed by atoms with Gasteiger partial charge in [-0.15, -0.1) is 0 Å². The fraction of sp³-hybridized carbons (Fsp3) is 0.571. The van der Waals surface area contributed by atoms with E-state index < -0.39 is 5.60 Å². The van der Waals surface area contributed by atoms with E-state index in [-0.39, 0.29) is 12.1 Å². The van der Waals surface area contributed by atoms with E-state index in [1.54, 1.807) is 11.1 Å². The zero-order chi connectivity index (χ0) is 13.9. The summed E-state index contributed by atoms with van der Waals surface area (Å²) in [5.41, 5.74) is -0.441.